The number of benzene rings is 2. The first-order valence-electron chi connectivity index (χ1n) is 8.60. The minimum atomic E-state index is -0.282. The number of ether oxygens (including phenoxy) is 2. The maximum atomic E-state index is 12.1. The minimum Gasteiger partial charge on any atom is -0.493 e. The lowest BCUT2D eigenvalue weighted by molar-refractivity contribution is -0.117. The fraction of sp³-hybridized carbons (Fsp3) is 0.211. The minimum absolute atomic E-state index is 0.113. The molecule has 0 radical (unpaired) electrons. The van der Waals surface area contributed by atoms with E-state index in [2.05, 4.69) is 38.0 Å². The second kappa shape index (κ2) is 8.37. The van der Waals surface area contributed by atoms with E-state index in [0.717, 1.165) is 9.13 Å². The molecule has 150 valence electrons. The molecule has 0 aliphatic carbocycles. The van der Waals surface area contributed by atoms with Gasteiger partial charge in [-0.25, -0.2) is 4.68 Å². The van der Waals surface area contributed by atoms with Crippen molar-refractivity contribution in [3.05, 3.63) is 61.4 Å². The largest absolute Gasteiger partial charge is 0.493 e. The SMILES string of the molecule is COc1cc([C@H]2CC(=O)Nc3ncnn32)cc(I)c1OCc1c(Cl)cccc1Cl. The van der Waals surface area contributed by atoms with Crippen molar-refractivity contribution in [3.8, 4) is 11.5 Å². The molecule has 1 aromatic heterocycles. The van der Waals surface area contributed by atoms with Crippen molar-refractivity contribution in [2.45, 2.75) is 19.1 Å². The number of fused-ring (bicyclic) bond motifs is 1. The van der Waals surface area contributed by atoms with Crippen LogP contribution in [-0.4, -0.2) is 27.8 Å². The summed E-state index contributed by atoms with van der Waals surface area (Å²) in [5.41, 5.74) is 1.57. The summed E-state index contributed by atoms with van der Waals surface area (Å²) in [6.45, 7) is 0.198. The molecule has 1 aliphatic heterocycles. The number of rotatable bonds is 5. The molecule has 2 heterocycles. The highest BCUT2D eigenvalue weighted by Gasteiger charge is 2.29. The van der Waals surface area contributed by atoms with Gasteiger partial charge in [-0.2, -0.15) is 10.1 Å². The molecular formula is C19H15Cl2IN4O3. The van der Waals surface area contributed by atoms with Crippen LogP contribution in [0.2, 0.25) is 10.0 Å². The molecule has 0 spiro atoms. The number of nitrogens with zero attached hydrogens (tertiary/aromatic N) is 3. The zero-order chi connectivity index (χ0) is 20.5. The molecule has 1 amide bonds. The van der Waals surface area contributed by atoms with Gasteiger partial charge in [0, 0.05) is 15.6 Å². The number of anilines is 1. The fourth-order valence-corrected chi connectivity index (χ4v) is 4.44. The Labute approximate surface area is 190 Å². The Kier molecular flexibility index (Phi) is 5.84. The monoisotopic (exact) mass is 544 g/mol. The zero-order valence-corrected chi connectivity index (χ0v) is 18.8. The van der Waals surface area contributed by atoms with Crippen LogP contribution in [0.4, 0.5) is 5.95 Å². The third-order valence-corrected chi connectivity index (χ3v) is 6.07. The number of aromatic nitrogens is 3. The maximum absolute atomic E-state index is 12.1. The number of amides is 1. The van der Waals surface area contributed by atoms with E-state index < -0.39 is 0 Å². The molecule has 0 fully saturated rings. The highest BCUT2D eigenvalue weighted by Crippen LogP contribution is 2.39. The van der Waals surface area contributed by atoms with E-state index >= 15 is 0 Å². The fourth-order valence-electron chi connectivity index (χ4n) is 3.15. The predicted octanol–water partition coefficient (Wildman–Crippen LogP) is 4.71. The zero-order valence-electron chi connectivity index (χ0n) is 15.2. The van der Waals surface area contributed by atoms with Gasteiger partial charge in [0.25, 0.3) is 0 Å². The van der Waals surface area contributed by atoms with Crippen molar-refractivity contribution in [3.63, 3.8) is 0 Å². The van der Waals surface area contributed by atoms with Crippen LogP contribution in [0.5, 0.6) is 11.5 Å². The van der Waals surface area contributed by atoms with Gasteiger partial charge in [-0.15, -0.1) is 0 Å². The summed E-state index contributed by atoms with van der Waals surface area (Å²) in [7, 11) is 1.57. The van der Waals surface area contributed by atoms with E-state index in [1.54, 1.807) is 30.0 Å². The number of carbonyl (C=O) groups excluding carboxylic acids is 1. The molecule has 0 saturated heterocycles. The lowest BCUT2D eigenvalue weighted by Gasteiger charge is -2.25. The van der Waals surface area contributed by atoms with Gasteiger partial charge < -0.3 is 9.47 Å². The van der Waals surface area contributed by atoms with Gasteiger partial charge in [-0.05, 0) is 52.4 Å². The number of hydrogen-bond acceptors (Lipinski definition) is 5. The Balaban J connectivity index is 1.66. The Hall–Kier alpha value is -2.04. The van der Waals surface area contributed by atoms with Crippen molar-refractivity contribution in [1.82, 2.24) is 14.8 Å². The molecular weight excluding hydrogens is 530 g/mol. The highest BCUT2D eigenvalue weighted by atomic mass is 127. The summed E-state index contributed by atoms with van der Waals surface area (Å²) in [5.74, 6) is 1.43. The van der Waals surface area contributed by atoms with Crippen LogP contribution in [0.3, 0.4) is 0 Å². The van der Waals surface area contributed by atoms with Crippen LogP contribution in [0.1, 0.15) is 23.6 Å². The molecule has 1 atom stereocenters. The van der Waals surface area contributed by atoms with E-state index in [-0.39, 0.29) is 25.0 Å². The lowest BCUT2D eigenvalue weighted by Crippen LogP contribution is -2.29. The van der Waals surface area contributed by atoms with Gasteiger partial charge in [0.2, 0.25) is 11.9 Å². The molecule has 1 aliphatic rings. The van der Waals surface area contributed by atoms with Gasteiger partial charge >= 0.3 is 0 Å². The van der Waals surface area contributed by atoms with Crippen molar-refractivity contribution < 1.29 is 14.3 Å². The predicted molar refractivity (Wildman–Crippen MR) is 118 cm³/mol. The summed E-state index contributed by atoms with van der Waals surface area (Å²) in [4.78, 5) is 16.1. The van der Waals surface area contributed by atoms with E-state index in [1.807, 2.05) is 12.1 Å². The van der Waals surface area contributed by atoms with E-state index in [1.165, 1.54) is 6.33 Å². The number of carbonyl (C=O) groups is 1. The third kappa shape index (κ3) is 4.01. The molecule has 0 saturated carbocycles. The van der Waals surface area contributed by atoms with Crippen LogP contribution in [0.15, 0.2) is 36.7 Å². The molecule has 3 aromatic rings. The summed E-state index contributed by atoms with van der Waals surface area (Å²) in [6.07, 6.45) is 1.67. The number of halogens is 3. The summed E-state index contributed by atoms with van der Waals surface area (Å²) < 4.78 is 14.1. The van der Waals surface area contributed by atoms with Crippen molar-refractivity contribution in [1.29, 1.82) is 0 Å². The van der Waals surface area contributed by atoms with Crippen LogP contribution < -0.4 is 14.8 Å². The van der Waals surface area contributed by atoms with Crippen LogP contribution in [-0.2, 0) is 11.4 Å². The molecule has 1 N–H and O–H groups in total. The first-order chi connectivity index (χ1) is 14.0. The maximum Gasteiger partial charge on any atom is 0.229 e. The molecule has 0 unspecified atom stereocenters. The second-order valence-corrected chi connectivity index (χ2v) is 8.30. The Morgan fingerprint density at radius 1 is 1.31 bits per heavy atom. The first-order valence-corrected chi connectivity index (χ1v) is 10.4. The van der Waals surface area contributed by atoms with Crippen LogP contribution in [0, 0.1) is 3.57 Å². The van der Waals surface area contributed by atoms with Crippen molar-refractivity contribution >= 4 is 57.6 Å². The standard InChI is InChI=1S/C19H15Cl2IN4O3/c1-28-16-6-10(15-7-17(27)25-19-23-9-24-26(15)19)5-14(22)18(16)29-8-11-12(20)3-2-4-13(11)21/h2-6,9,15H,7-8H2,1H3,(H,23,24,25,27)/t15-/m1/s1. The first kappa shape index (κ1) is 20.2. The second-order valence-electron chi connectivity index (χ2n) is 6.32. The Morgan fingerprint density at radius 2 is 2.07 bits per heavy atom. The Bertz CT molecular complexity index is 1070. The van der Waals surface area contributed by atoms with Gasteiger partial charge in [-0.3, -0.25) is 10.1 Å². The molecule has 10 heteroatoms. The molecule has 2 aromatic carbocycles. The molecule has 7 nitrogen and oxygen atoms in total. The molecule has 0 bridgehead atoms. The highest BCUT2D eigenvalue weighted by molar-refractivity contribution is 14.1. The smallest absolute Gasteiger partial charge is 0.229 e. The molecule has 29 heavy (non-hydrogen) atoms. The van der Waals surface area contributed by atoms with Crippen molar-refractivity contribution in [2.75, 3.05) is 12.4 Å². The third-order valence-electron chi connectivity index (χ3n) is 4.56. The van der Waals surface area contributed by atoms with Gasteiger partial charge in [0.05, 0.1) is 23.1 Å². The number of hydrogen-bond donors (Lipinski definition) is 1. The summed E-state index contributed by atoms with van der Waals surface area (Å²) in [5, 5.41) is 8.02. The van der Waals surface area contributed by atoms with Crippen LogP contribution in [0.25, 0.3) is 0 Å². The van der Waals surface area contributed by atoms with E-state index in [9.17, 15) is 4.79 Å². The topological polar surface area (TPSA) is 78.3 Å². The summed E-state index contributed by atoms with van der Waals surface area (Å²) in [6, 6.07) is 8.83. The number of methoxy groups -OCH3 is 1. The Morgan fingerprint density at radius 3 is 2.79 bits per heavy atom. The molecule has 4 rings (SSSR count). The van der Waals surface area contributed by atoms with E-state index in [0.29, 0.717) is 33.1 Å². The number of nitrogens with one attached hydrogen (secondary N) is 1. The van der Waals surface area contributed by atoms with Gasteiger partial charge in [-0.1, -0.05) is 29.3 Å². The average molecular weight is 545 g/mol. The van der Waals surface area contributed by atoms with E-state index in [4.69, 9.17) is 32.7 Å². The van der Waals surface area contributed by atoms with Crippen LogP contribution >= 0.6 is 45.8 Å². The van der Waals surface area contributed by atoms with Gasteiger partial charge in [0.15, 0.2) is 11.5 Å². The van der Waals surface area contributed by atoms with Crippen molar-refractivity contribution in [2.24, 2.45) is 0 Å². The summed E-state index contributed by atoms with van der Waals surface area (Å²) >= 11 is 14.6. The van der Waals surface area contributed by atoms with Gasteiger partial charge in [0.1, 0.15) is 12.9 Å². The average Bonchev–Trinajstić information content (AvgIpc) is 3.15. The quantitative estimate of drug-likeness (QED) is 0.471. The normalized spacial score (nSPS) is 15.6. The lowest BCUT2D eigenvalue weighted by atomic mass is 10.0.